The molecule has 0 spiro atoms. The van der Waals surface area contributed by atoms with Crippen molar-refractivity contribution in [1.29, 1.82) is 0 Å². The highest BCUT2D eigenvalue weighted by Crippen LogP contribution is 2.42. The van der Waals surface area contributed by atoms with Gasteiger partial charge in [0.15, 0.2) is 0 Å². The van der Waals surface area contributed by atoms with Gasteiger partial charge in [-0.25, -0.2) is 0 Å². The Labute approximate surface area is 242 Å². The summed E-state index contributed by atoms with van der Waals surface area (Å²) in [6, 6.07) is 23.6. The Hall–Kier alpha value is -3.02. The van der Waals surface area contributed by atoms with Crippen LogP contribution in [0.3, 0.4) is 0 Å². The van der Waals surface area contributed by atoms with E-state index in [1.807, 2.05) is 34.8 Å². The lowest BCUT2D eigenvalue weighted by Crippen LogP contribution is -1.99. The molecule has 4 rings (SSSR count). The van der Waals surface area contributed by atoms with Crippen molar-refractivity contribution in [2.24, 2.45) is 0 Å². The maximum absolute atomic E-state index is 6.06. The summed E-state index contributed by atoms with van der Waals surface area (Å²) >= 11 is 3.64. The number of allylic oxidation sites excluding steroid dienone is 1. The lowest BCUT2D eigenvalue weighted by molar-refractivity contribution is 0.294. The molecule has 0 unspecified atom stereocenters. The molecule has 0 radical (unpaired) electrons. The van der Waals surface area contributed by atoms with E-state index in [0.29, 0.717) is 0 Å². The van der Waals surface area contributed by atoms with Crippen LogP contribution in [0.5, 0.6) is 17.2 Å². The highest BCUT2D eigenvalue weighted by Gasteiger charge is 2.12. The van der Waals surface area contributed by atoms with Gasteiger partial charge >= 0.3 is 0 Å². The molecule has 4 aromatic rings. The van der Waals surface area contributed by atoms with Crippen molar-refractivity contribution in [3.63, 3.8) is 0 Å². The van der Waals surface area contributed by atoms with Gasteiger partial charge in [0.2, 0.25) is 0 Å². The SMILES string of the molecule is C=CCCCCOc1ccc(-c2ccc(-c3ccc(-c4cc(OCCCC)cc(OCCCC)c4)s3)s2)cc1. The molecule has 39 heavy (non-hydrogen) atoms. The first-order valence-electron chi connectivity index (χ1n) is 14.2. The van der Waals surface area contributed by atoms with Crippen LogP contribution >= 0.6 is 22.7 Å². The fourth-order valence-corrected chi connectivity index (χ4v) is 6.19. The minimum Gasteiger partial charge on any atom is -0.494 e. The molecule has 0 aliphatic rings. The van der Waals surface area contributed by atoms with Crippen LogP contribution in [0.25, 0.3) is 30.6 Å². The van der Waals surface area contributed by atoms with E-state index >= 15 is 0 Å². The van der Waals surface area contributed by atoms with E-state index in [4.69, 9.17) is 14.2 Å². The number of unbranched alkanes of at least 4 members (excludes halogenated alkanes) is 4. The zero-order valence-electron chi connectivity index (χ0n) is 23.2. The molecule has 0 N–H and O–H groups in total. The van der Waals surface area contributed by atoms with Crippen molar-refractivity contribution in [1.82, 2.24) is 0 Å². The minimum absolute atomic E-state index is 0.727. The molecule has 0 aliphatic heterocycles. The predicted octanol–water partition coefficient (Wildman–Crippen LogP) is 10.9. The Morgan fingerprint density at radius 1 is 0.564 bits per heavy atom. The third kappa shape index (κ3) is 8.74. The van der Waals surface area contributed by atoms with Gasteiger partial charge < -0.3 is 14.2 Å². The van der Waals surface area contributed by atoms with Crippen molar-refractivity contribution in [2.75, 3.05) is 19.8 Å². The zero-order chi connectivity index (χ0) is 27.3. The fourth-order valence-electron chi connectivity index (χ4n) is 4.10. The summed E-state index contributed by atoms with van der Waals surface area (Å²) in [6.07, 6.45) is 9.50. The van der Waals surface area contributed by atoms with Crippen LogP contribution in [0.4, 0.5) is 0 Å². The number of rotatable bonds is 17. The molecule has 2 heterocycles. The second kappa shape index (κ2) is 15.5. The van der Waals surface area contributed by atoms with Gasteiger partial charge in [-0.1, -0.05) is 32.8 Å². The molecule has 0 atom stereocenters. The quantitative estimate of drug-likeness (QED) is 0.0949. The molecular formula is C34H40O3S2. The molecule has 0 saturated carbocycles. The maximum atomic E-state index is 6.06. The molecule has 2 aromatic heterocycles. The van der Waals surface area contributed by atoms with Crippen molar-refractivity contribution in [3.8, 4) is 47.9 Å². The number of hydrogen-bond donors (Lipinski definition) is 0. The van der Waals surface area contributed by atoms with Gasteiger partial charge in [0.1, 0.15) is 17.2 Å². The number of hydrogen-bond acceptors (Lipinski definition) is 5. The second-order valence-electron chi connectivity index (χ2n) is 9.58. The van der Waals surface area contributed by atoms with E-state index in [1.165, 1.54) is 25.1 Å². The van der Waals surface area contributed by atoms with Crippen LogP contribution < -0.4 is 14.2 Å². The first-order chi connectivity index (χ1) is 19.2. The molecule has 0 fully saturated rings. The third-order valence-corrected chi connectivity index (χ3v) is 8.83. The van der Waals surface area contributed by atoms with Gasteiger partial charge in [-0.2, -0.15) is 0 Å². The normalized spacial score (nSPS) is 10.9. The topological polar surface area (TPSA) is 27.7 Å². The number of benzene rings is 2. The van der Waals surface area contributed by atoms with Crippen LogP contribution in [-0.4, -0.2) is 19.8 Å². The molecule has 206 valence electrons. The Bertz CT molecular complexity index is 1260. The molecule has 3 nitrogen and oxygen atoms in total. The average molecular weight is 561 g/mol. The Kier molecular flexibility index (Phi) is 11.5. The highest BCUT2D eigenvalue weighted by atomic mass is 32.1. The standard InChI is InChI=1S/C34H40O3S2/c1-4-7-10-11-22-35-28-14-12-26(13-15-28)31-16-18-33(38-31)34-19-17-32(39-34)27-23-29(36-20-8-5-2)25-30(24-27)37-21-9-6-3/h4,12-19,23-25H,1,5-11,20-22H2,2-3H3. The maximum Gasteiger partial charge on any atom is 0.123 e. The molecule has 2 aromatic carbocycles. The van der Waals surface area contributed by atoms with E-state index in [-0.39, 0.29) is 0 Å². The zero-order valence-corrected chi connectivity index (χ0v) is 24.9. The molecule has 5 heteroatoms. The largest absolute Gasteiger partial charge is 0.494 e. The molecule has 0 amide bonds. The average Bonchev–Trinajstić information content (AvgIpc) is 3.64. The number of thiophene rings is 2. The van der Waals surface area contributed by atoms with Gasteiger partial charge in [0.05, 0.1) is 19.8 Å². The van der Waals surface area contributed by atoms with E-state index in [1.54, 1.807) is 0 Å². The fraction of sp³-hybridized carbons (Fsp3) is 0.353. The van der Waals surface area contributed by atoms with Gasteiger partial charge in [0.25, 0.3) is 0 Å². The molecule has 0 aliphatic carbocycles. The van der Waals surface area contributed by atoms with Crippen LogP contribution in [0.1, 0.15) is 58.8 Å². The Balaban J connectivity index is 1.45. The first kappa shape index (κ1) is 29.0. The second-order valence-corrected chi connectivity index (χ2v) is 11.7. The summed E-state index contributed by atoms with van der Waals surface area (Å²) in [5.41, 5.74) is 2.36. The van der Waals surface area contributed by atoms with Crippen molar-refractivity contribution >= 4 is 22.7 Å². The van der Waals surface area contributed by atoms with Gasteiger partial charge in [-0.3, -0.25) is 0 Å². The molecular weight excluding hydrogens is 521 g/mol. The summed E-state index contributed by atoms with van der Waals surface area (Å²) in [7, 11) is 0. The lowest BCUT2D eigenvalue weighted by Gasteiger charge is -2.12. The lowest BCUT2D eigenvalue weighted by atomic mass is 10.1. The number of ether oxygens (including phenoxy) is 3. The summed E-state index contributed by atoms with van der Waals surface area (Å²) in [6.45, 7) is 10.3. The van der Waals surface area contributed by atoms with Crippen LogP contribution in [0.2, 0.25) is 0 Å². The highest BCUT2D eigenvalue weighted by molar-refractivity contribution is 7.25. The predicted molar refractivity (Wildman–Crippen MR) is 169 cm³/mol. The summed E-state index contributed by atoms with van der Waals surface area (Å²) in [5, 5.41) is 0. The summed E-state index contributed by atoms with van der Waals surface area (Å²) < 4.78 is 18.0. The van der Waals surface area contributed by atoms with E-state index < -0.39 is 0 Å². The minimum atomic E-state index is 0.727. The summed E-state index contributed by atoms with van der Waals surface area (Å²) in [5.74, 6) is 2.69. The van der Waals surface area contributed by atoms with Gasteiger partial charge in [-0.15, -0.1) is 29.3 Å². The summed E-state index contributed by atoms with van der Waals surface area (Å²) in [4.78, 5) is 5.02. The molecule has 0 saturated heterocycles. The van der Waals surface area contributed by atoms with Crippen molar-refractivity contribution < 1.29 is 14.2 Å². The van der Waals surface area contributed by atoms with Gasteiger partial charge in [-0.05, 0) is 104 Å². The Morgan fingerprint density at radius 3 is 1.64 bits per heavy atom. The Morgan fingerprint density at radius 2 is 1.08 bits per heavy atom. The van der Waals surface area contributed by atoms with Crippen molar-refractivity contribution in [2.45, 2.75) is 58.8 Å². The smallest absolute Gasteiger partial charge is 0.123 e. The van der Waals surface area contributed by atoms with Crippen LogP contribution in [0.15, 0.2) is 79.4 Å². The van der Waals surface area contributed by atoms with Crippen LogP contribution in [0, 0.1) is 0 Å². The monoisotopic (exact) mass is 560 g/mol. The van der Waals surface area contributed by atoms with Gasteiger partial charge in [0, 0.05) is 25.6 Å². The van der Waals surface area contributed by atoms with E-state index in [0.717, 1.165) is 87.6 Å². The first-order valence-corrected chi connectivity index (χ1v) is 15.8. The third-order valence-electron chi connectivity index (χ3n) is 6.36. The van der Waals surface area contributed by atoms with Crippen LogP contribution in [-0.2, 0) is 0 Å². The van der Waals surface area contributed by atoms with Crippen molar-refractivity contribution in [3.05, 3.63) is 79.4 Å². The van der Waals surface area contributed by atoms with E-state index in [2.05, 4.69) is 81.1 Å². The molecule has 0 bridgehead atoms. The van der Waals surface area contributed by atoms with E-state index in [9.17, 15) is 0 Å².